The van der Waals surface area contributed by atoms with Crippen molar-refractivity contribution in [1.82, 2.24) is 0 Å². The number of carbonyl (C=O) groups excluding carboxylic acids is 1. The SMILES string of the molecule is CS(=O)(=O)c1cccc(C(=O)N(Cc2cccs2)c2ccc(F)cc2F)c1. The summed E-state index contributed by atoms with van der Waals surface area (Å²) < 4.78 is 51.2. The molecule has 140 valence electrons. The number of amides is 1. The Morgan fingerprint density at radius 1 is 1.07 bits per heavy atom. The molecule has 0 atom stereocenters. The zero-order valence-electron chi connectivity index (χ0n) is 14.2. The van der Waals surface area contributed by atoms with E-state index in [1.54, 1.807) is 12.1 Å². The van der Waals surface area contributed by atoms with Crippen LogP contribution in [0.3, 0.4) is 0 Å². The van der Waals surface area contributed by atoms with Gasteiger partial charge in [-0.3, -0.25) is 4.79 Å². The van der Waals surface area contributed by atoms with Crippen molar-refractivity contribution in [2.75, 3.05) is 11.2 Å². The molecule has 0 radical (unpaired) electrons. The Morgan fingerprint density at radius 2 is 1.85 bits per heavy atom. The average Bonchev–Trinajstić information content (AvgIpc) is 3.12. The van der Waals surface area contributed by atoms with Gasteiger partial charge in [-0.1, -0.05) is 12.1 Å². The first-order chi connectivity index (χ1) is 12.8. The van der Waals surface area contributed by atoms with E-state index in [4.69, 9.17) is 0 Å². The Hall–Kier alpha value is -2.58. The van der Waals surface area contributed by atoms with Crippen LogP contribution in [0.4, 0.5) is 14.5 Å². The van der Waals surface area contributed by atoms with Gasteiger partial charge in [0.05, 0.1) is 17.1 Å². The Bertz CT molecular complexity index is 1080. The number of hydrogen-bond acceptors (Lipinski definition) is 4. The van der Waals surface area contributed by atoms with Crippen LogP contribution in [0.15, 0.2) is 64.9 Å². The lowest BCUT2D eigenvalue weighted by Gasteiger charge is -2.23. The van der Waals surface area contributed by atoms with Crippen molar-refractivity contribution in [1.29, 1.82) is 0 Å². The first kappa shape index (κ1) is 19.2. The van der Waals surface area contributed by atoms with Crippen molar-refractivity contribution in [3.05, 3.63) is 82.1 Å². The molecule has 0 saturated heterocycles. The number of carbonyl (C=O) groups is 1. The normalized spacial score (nSPS) is 11.4. The van der Waals surface area contributed by atoms with Crippen LogP contribution in [0, 0.1) is 11.6 Å². The molecule has 3 aromatic rings. The van der Waals surface area contributed by atoms with Gasteiger partial charge in [-0.25, -0.2) is 17.2 Å². The fourth-order valence-electron chi connectivity index (χ4n) is 2.54. The predicted molar refractivity (Wildman–Crippen MR) is 101 cm³/mol. The molecule has 1 heterocycles. The van der Waals surface area contributed by atoms with Crippen LogP contribution >= 0.6 is 11.3 Å². The molecule has 0 saturated carbocycles. The number of rotatable bonds is 5. The van der Waals surface area contributed by atoms with Crippen LogP contribution in [0.5, 0.6) is 0 Å². The molecule has 0 aliphatic rings. The number of nitrogens with zero attached hydrogens (tertiary/aromatic N) is 1. The third-order valence-electron chi connectivity index (χ3n) is 3.85. The van der Waals surface area contributed by atoms with E-state index in [0.29, 0.717) is 6.07 Å². The number of halogens is 2. The second kappa shape index (κ2) is 7.58. The third kappa shape index (κ3) is 4.40. The highest BCUT2D eigenvalue weighted by molar-refractivity contribution is 7.90. The summed E-state index contributed by atoms with van der Waals surface area (Å²) in [5, 5.41) is 1.82. The van der Waals surface area contributed by atoms with E-state index in [-0.39, 0.29) is 22.7 Å². The van der Waals surface area contributed by atoms with Gasteiger partial charge >= 0.3 is 0 Å². The summed E-state index contributed by atoms with van der Waals surface area (Å²) in [5.74, 6) is -2.21. The van der Waals surface area contributed by atoms with Gasteiger partial charge in [-0.05, 0) is 41.8 Å². The highest BCUT2D eigenvalue weighted by Gasteiger charge is 2.23. The highest BCUT2D eigenvalue weighted by Crippen LogP contribution is 2.26. The Balaban J connectivity index is 2.06. The molecule has 8 heteroatoms. The molecule has 0 unspecified atom stereocenters. The maximum atomic E-state index is 14.3. The van der Waals surface area contributed by atoms with E-state index in [9.17, 15) is 22.0 Å². The lowest BCUT2D eigenvalue weighted by molar-refractivity contribution is 0.0984. The van der Waals surface area contributed by atoms with Crippen LogP contribution in [0.2, 0.25) is 0 Å². The quantitative estimate of drug-likeness (QED) is 0.635. The number of benzene rings is 2. The zero-order chi connectivity index (χ0) is 19.6. The Labute approximate surface area is 159 Å². The monoisotopic (exact) mass is 407 g/mol. The largest absolute Gasteiger partial charge is 0.300 e. The molecule has 4 nitrogen and oxygen atoms in total. The molecular formula is C19H15F2NO3S2. The van der Waals surface area contributed by atoms with Crippen molar-refractivity contribution < 1.29 is 22.0 Å². The van der Waals surface area contributed by atoms with E-state index in [0.717, 1.165) is 17.2 Å². The number of anilines is 1. The summed E-state index contributed by atoms with van der Waals surface area (Å²) in [6.45, 7) is 0.0716. The van der Waals surface area contributed by atoms with Gasteiger partial charge in [-0.2, -0.15) is 0 Å². The van der Waals surface area contributed by atoms with Crippen LogP contribution in [0.25, 0.3) is 0 Å². The van der Waals surface area contributed by atoms with Crippen molar-refractivity contribution >= 4 is 32.8 Å². The van der Waals surface area contributed by atoms with Crippen LogP contribution in [-0.2, 0) is 16.4 Å². The second-order valence-electron chi connectivity index (χ2n) is 5.87. The van der Waals surface area contributed by atoms with Crippen molar-refractivity contribution in [3.63, 3.8) is 0 Å². The van der Waals surface area contributed by atoms with E-state index in [1.807, 2.05) is 5.38 Å². The van der Waals surface area contributed by atoms with E-state index >= 15 is 0 Å². The van der Waals surface area contributed by atoms with E-state index in [1.165, 1.54) is 46.6 Å². The number of sulfone groups is 1. The minimum absolute atomic E-state index is 0.0102. The smallest absolute Gasteiger partial charge is 0.258 e. The Morgan fingerprint density at radius 3 is 2.48 bits per heavy atom. The van der Waals surface area contributed by atoms with Crippen molar-refractivity contribution in [2.24, 2.45) is 0 Å². The summed E-state index contributed by atoms with van der Waals surface area (Å²) in [4.78, 5) is 15.0. The van der Waals surface area contributed by atoms with Gasteiger partial charge in [0, 0.05) is 22.8 Å². The fourth-order valence-corrected chi connectivity index (χ4v) is 3.90. The highest BCUT2D eigenvalue weighted by atomic mass is 32.2. The van der Waals surface area contributed by atoms with Gasteiger partial charge < -0.3 is 4.90 Å². The van der Waals surface area contributed by atoms with Crippen LogP contribution < -0.4 is 4.90 Å². The molecule has 27 heavy (non-hydrogen) atoms. The standard InChI is InChI=1S/C19H15F2NO3S2/c1-27(24,25)16-6-2-4-13(10-16)19(23)22(12-15-5-3-9-26-15)18-8-7-14(20)11-17(18)21/h2-11H,12H2,1H3. The summed E-state index contributed by atoms with van der Waals surface area (Å²) in [6, 6.07) is 12.1. The van der Waals surface area contributed by atoms with Gasteiger partial charge in [0.25, 0.3) is 5.91 Å². The molecule has 0 fully saturated rings. The molecule has 0 spiro atoms. The molecule has 0 aliphatic carbocycles. The van der Waals surface area contributed by atoms with Crippen molar-refractivity contribution in [3.8, 4) is 0 Å². The first-order valence-electron chi connectivity index (χ1n) is 7.85. The van der Waals surface area contributed by atoms with Crippen LogP contribution in [-0.4, -0.2) is 20.6 Å². The van der Waals surface area contributed by atoms with E-state index < -0.39 is 27.4 Å². The Kier molecular flexibility index (Phi) is 5.38. The van der Waals surface area contributed by atoms with Gasteiger partial charge in [0.2, 0.25) is 0 Å². The minimum atomic E-state index is -3.51. The van der Waals surface area contributed by atoms with Gasteiger partial charge in [-0.15, -0.1) is 11.3 Å². The van der Waals surface area contributed by atoms with E-state index in [2.05, 4.69) is 0 Å². The van der Waals surface area contributed by atoms with Crippen molar-refractivity contribution in [2.45, 2.75) is 11.4 Å². The lowest BCUT2D eigenvalue weighted by atomic mass is 10.1. The maximum Gasteiger partial charge on any atom is 0.258 e. The molecular weight excluding hydrogens is 392 g/mol. The molecule has 1 aromatic heterocycles. The molecule has 0 bridgehead atoms. The van der Waals surface area contributed by atoms with Crippen LogP contribution in [0.1, 0.15) is 15.2 Å². The lowest BCUT2D eigenvalue weighted by Crippen LogP contribution is -2.31. The summed E-state index contributed by atoms with van der Waals surface area (Å²) >= 11 is 1.39. The molecule has 0 aliphatic heterocycles. The van der Waals surface area contributed by atoms with Gasteiger partial charge in [0.15, 0.2) is 9.84 Å². The molecule has 1 amide bonds. The summed E-state index contributed by atoms with van der Waals surface area (Å²) in [7, 11) is -3.51. The molecule has 0 N–H and O–H groups in total. The summed E-state index contributed by atoms with van der Waals surface area (Å²) in [5.41, 5.74) is 0.0118. The summed E-state index contributed by atoms with van der Waals surface area (Å²) in [6.07, 6.45) is 1.04. The first-order valence-corrected chi connectivity index (χ1v) is 10.6. The third-order valence-corrected chi connectivity index (χ3v) is 5.82. The minimum Gasteiger partial charge on any atom is -0.300 e. The van der Waals surface area contributed by atoms with Gasteiger partial charge in [0.1, 0.15) is 11.6 Å². The number of hydrogen-bond donors (Lipinski definition) is 0. The maximum absolute atomic E-state index is 14.3. The second-order valence-corrected chi connectivity index (χ2v) is 8.91. The topological polar surface area (TPSA) is 54.5 Å². The molecule has 2 aromatic carbocycles. The predicted octanol–water partition coefficient (Wildman–Crippen LogP) is 4.28. The fraction of sp³-hybridized carbons (Fsp3) is 0.105. The zero-order valence-corrected chi connectivity index (χ0v) is 15.9. The molecule has 3 rings (SSSR count). The number of thiophene rings is 1. The average molecular weight is 407 g/mol.